The van der Waals surface area contributed by atoms with E-state index in [9.17, 15) is 14.4 Å². The van der Waals surface area contributed by atoms with Gasteiger partial charge < -0.3 is 4.74 Å². The molecule has 2 heterocycles. The summed E-state index contributed by atoms with van der Waals surface area (Å²) < 4.78 is 19.6. The molecular formula is C18H11FN2O2S. The van der Waals surface area contributed by atoms with Gasteiger partial charge in [-0.25, -0.2) is 9.37 Å². The Balaban J connectivity index is 1.70. The molecule has 2 aromatic carbocycles. The Morgan fingerprint density at radius 1 is 1.38 bits per heavy atom. The second kappa shape index (κ2) is 5.69. The number of halogens is 1. The molecular weight excluding hydrogens is 327 g/mol. The summed E-state index contributed by atoms with van der Waals surface area (Å²) in [5.74, 6) is -1.40. The number of hydrogen-bond donors (Lipinski definition) is 0. The summed E-state index contributed by atoms with van der Waals surface area (Å²) in [7, 11) is 0. The molecule has 0 saturated heterocycles. The predicted molar refractivity (Wildman–Crippen MR) is 87.6 cm³/mol. The number of fused-ring (bicyclic) bond motifs is 2. The Labute approximate surface area is 141 Å². The maximum atomic E-state index is 13.3. The van der Waals surface area contributed by atoms with E-state index in [2.05, 4.69) is 11.1 Å². The molecule has 0 N–H and O–H groups in total. The summed E-state index contributed by atoms with van der Waals surface area (Å²) in [4.78, 5) is 17.2. The zero-order valence-corrected chi connectivity index (χ0v) is 13.2. The van der Waals surface area contributed by atoms with E-state index < -0.39 is 17.7 Å². The van der Waals surface area contributed by atoms with Crippen LogP contribution in [-0.4, -0.2) is 17.4 Å². The van der Waals surface area contributed by atoms with E-state index in [0.717, 1.165) is 10.3 Å². The van der Waals surface area contributed by atoms with Gasteiger partial charge in [-0.2, -0.15) is 5.26 Å². The molecule has 0 unspecified atom stereocenters. The number of carbonyl (C=O) groups excluding carboxylic acids is 1. The van der Waals surface area contributed by atoms with Crippen LogP contribution >= 0.6 is 11.3 Å². The number of rotatable bonds is 3. The smallest absolute Gasteiger partial charge is 0.167 e. The van der Waals surface area contributed by atoms with Gasteiger partial charge in [-0.1, -0.05) is 18.2 Å². The van der Waals surface area contributed by atoms with Gasteiger partial charge in [0.1, 0.15) is 23.2 Å². The highest BCUT2D eigenvalue weighted by molar-refractivity contribution is 7.18. The maximum absolute atomic E-state index is 13.3. The van der Waals surface area contributed by atoms with Crippen molar-refractivity contribution in [1.82, 2.24) is 4.98 Å². The summed E-state index contributed by atoms with van der Waals surface area (Å²) in [6, 6.07) is 13.6. The summed E-state index contributed by atoms with van der Waals surface area (Å²) in [6.45, 7) is 0.232. The van der Waals surface area contributed by atoms with Crippen LogP contribution in [0.1, 0.15) is 22.4 Å². The van der Waals surface area contributed by atoms with Crippen molar-refractivity contribution < 1.29 is 13.9 Å². The minimum atomic E-state index is -0.981. The normalized spacial score (nSPS) is 17.1. The molecule has 3 aromatic rings. The lowest BCUT2D eigenvalue weighted by atomic mass is 9.89. The molecule has 1 aliphatic rings. The zero-order chi connectivity index (χ0) is 16.7. The van der Waals surface area contributed by atoms with E-state index in [1.807, 2.05) is 24.3 Å². The largest absolute Gasteiger partial charge is 0.492 e. The van der Waals surface area contributed by atoms with Crippen LogP contribution in [-0.2, 0) is 4.79 Å². The Bertz CT molecular complexity index is 992. The first-order valence-corrected chi connectivity index (χ1v) is 8.20. The topological polar surface area (TPSA) is 63.0 Å². The van der Waals surface area contributed by atoms with Gasteiger partial charge in [0.05, 0.1) is 22.2 Å². The van der Waals surface area contributed by atoms with Crippen LogP contribution in [0.4, 0.5) is 4.39 Å². The van der Waals surface area contributed by atoms with Crippen LogP contribution in [0, 0.1) is 17.1 Å². The molecule has 1 aromatic heterocycles. The van der Waals surface area contributed by atoms with Crippen LogP contribution in [0.2, 0.25) is 0 Å². The highest BCUT2D eigenvalue weighted by Crippen LogP contribution is 2.38. The fourth-order valence-electron chi connectivity index (χ4n) is 2.88. The van der Waals surface area contributed by atoms with Crippen LogP contribution in [0.5, 0.6) is 5.75 Å². The van der Waals surface area contributed by atoms with E-state index in [4.69, 9.17) is 4.74 Å². The van der Waals surface area contributed by atoms with Crippen LogP contribution < -0.4 is 4.74 Å². The average molecular weight is 338 g/mol. The molecule has 24 heavy (non-hydrogen) atoms. The standard InChI is InChI=1S/C18H11FN2O2S/c19-10-5-6-16-14(7-10)21-18(24-16)12(8-20)17(22)13-9-23-15-4-2-1-3-11(13)15/h1-7,12-13H,9H2/t12-,13+/m1/s1. The highest BCUT2D eigenvalue weighted by Gasteiger charge is 2.36. The quantitative estimate of drug-likeness (QED) is 0.729. The molecule has 0 spiro atoms. The molecule has 2 atom stereocenters. The molecule has 0 amide bonds. The Hall–Kier alpha value is -2.78. The zero-order valence-electron chi connectivity index (χ0n) is 12.4. The number of para-hydroxylation sites is 1. The summed E-state index contributed by atoms with van der Waals surface area (Å²) >= 11 is 1.25. The number of nitriles is 1. The molecule has 0 radical (unpaired) electrons. The van der Waals surface area contributed by atoms with Gasteiger partial charge >= 0.3 is 0 Å². The lowest BCUT2D eigenvalue weighted by Crippen LogP contribution is -2.20. The number of ketones is 1. The van der Waals surface area contributed by atoms with E-state index in [-0.39, 0.29) is 12.4 Å². The van der Waals surface area contributed by atoms with E-state index in [1.54, 1.807) is 6.07 Å². The van der Waals surface area contributed by atoms with Crippen LogP contribution in [0.15, 0.2) is 42.5 Å². The first kappa shape index (κ1) is 14.8. The van der Waals surface area contributed by atoms with Crippen molar-refractivity contribution in [2.75, 3.05) is 6.61 Å². The SMILES string of the molecule is N#C[C@H](C(=O)[C@H]1COc2ccccc21)c1nc2cc(F)ccc2s1. The van der Waals surface area contributed by atoms with E-state index in [1.165, 1.54) is 23.5 Å². The number of thiazole rings is 1. The number of aromatic nitrogens is 1. The Kier molecular flexibility index (Phi) is 3.51. The minimum absolute atomic E-state index is 0.232. The van der Waals surface area contributed by atoms with Gasteiger partial charge in [0, 0.05) is 11.6 Å². The minimum Gasteiger partial charge on any atom is -0.492 e. The number of carbonyl (C=O) groups is 1. The molecule has 0 bridgehead atoms. The number of hydrogen-bond acceptors (Lipinski definition) is 5. The summed E-state index contributed by atoms with van der Waals surface area (Å²) in [5, 5.41) is 9.91. The molecule has 0 aliphatic carbocycles. The van der Waals surface area contributed by atoms with Crippen LogP contribution in [0.25, 0.3) is 10.2 Å². The molecule has 1 aliphatic heterocycles. The highest BCUT2D eigenvalue weighted by atomic mass is 32.1. The molecule has 118 valence electrons. The molecule has 0 fully saturated rings. The van der Waals surface area contributed by atoms with E-state index >= 15 is 0 Å². The Morgan fingerprint density at radius 3 is 3.04 bits per heavy atom. The summed E-state index contributed by atoms with van der Waals surface area (Å²) in [6.07, 6.45) is 0. The lowest BCUT2D eigenvalue weighted by Gasteiger charge is -2.10. The number of benzene rings is 2. The molecule has 4 rings (SSSR count). The van der Waals surface area contributed by atoms with Crippen molar-refractivity contribution in [3.05, 3.63) is 58.9 Å². The van der Waals surface area contributed by atoms with Crippen molar-refractivity contribution in [3.8, 4) is 11.8 Å². The molecule has 0 saturated carbocycles. The third kappa shape index (κ3) is 2.34. The van der Waals surface area contributed by atoms with Gasteiger partial charge in [0.2, 0.25) is 0 Å². The predicted octanol–water partition coefficient (Wildman–Crippen LogP) is 3.79. The molecule has 6 heteroatoms. The second-order valence-corrected chi connectivity index (χ2v) is 6.59. The van der Waals surface area contributed by atoms with Crippen LogP contribution in [0.3, 0.4) is 0 Å². The third-order valence-electron chi connectivity index (χ3n) is 4.07. The lowest BCUT2D eigenvalue weighted by molar-refractivity contribution is -0.121. The first-order chi connectivity index (χ1) is 11.7. The number of Topliss-reactive ketones (excluding diaryl/α,β-unsaturated/α-hetero) is 1. The van der Waals surface area contributed by atoms with Crippen molar-refractivity contribution in [2.24, 2.45) is 0 Å². The Morgan fingerprint density at radius 2 is 2.21 bits per heavy atom. The van der Waals surface area contributed by atoms with E-state index in [0.29, 0.717) is 16.3 Å². The van der Waals surface area contributed by atoms with Crippen molar-refractivity contribution >= 4 is 27.3 Å². The average Bonchev–Trinajstić information content (AvgIpc) is 3.18. The second-order valence-electron chi connectivity index (χ2n) is 5.53. The number of ether oxygens (including phenoxy) is 1. The van der Waals surface area contributed by atoms with Crippen molar-refractivity contribution in [3.63, 3.8) is 0 Å². The third-order valence-corrected chi connectivity index (χ3v) is 5.17. The number of nitrogens with zero attached hydrogens (tertiary/aromatic N) is 2. The van der Waals surface area contributed by atoms with Crippen molar-refractivity contribution in [1.29, 1.82) is 5.26 Å². The van der Waals surface area contributed by atoms with Gasteiger partial charge in [0.25, 0.3) is 0 Å². The first-order valence-electron chi connectivity index (χ1n) is 7.38. The van der Waals surface area contributed by atoms with Gasteiger partial charge in [-0.15, -0.1) is 11.3 Å². The summed E-state index contributed by atoms with van der Waals surface area (Å²) in [5.41, 5.74) is 1.26. The van der Waals surface area contributed by atoms with Gasteiger partial charge in [0.15, 0.2) is 11.7 Å². The van der Waals surface area contributed by atoms with Gasteiger partial charge in [-0.3, -0.25) is 4.79 Å². The molecule has 4 nitrogen and oxygen atoms in total. The van der Waals surface area contributed by atoms with Gasteiger partial charge in [-0.05, 0) is 18.2 Å². The monoisotopic (exact) mass is 338 g/mol. The fourth-order valence-corrected chi connectivity index (χ4v) is 3.88. The van der Waals surface area contributed by atoms with Crippen molar-refractivity contribution in [2.45, 2.75) is 11.8 Å². The maximum Gasteiger partial charge on any atom is 0.167 e. The fraction of sp³-hybridized carbons (Fsp3) is 0.167.